The molecule has 0 saturated heterocycles. The molecule has 8 heteroatoms. The zero-order valence-corrected chi connectivity index (χ0v) is 15.7. The molecule has 0 bridgehead atoms. The van der Waals surface area contributed by atoms with Crippen LogP contribution in [0.2, 0.25) is 5.02 Å². The summed E-state index contributed by atoms with van der Waals surface area (Å²) in [6, 6.07) is 8.49. The zero-order valence-electron chi connectivity index (χ0n) is 13.4. The molecule has 136 valence electrons. The Hall–Kier alpha value is -1.53. The van der Waals surface area contributed by atoms with Crippen molar-refractivity contribution in [2.24, 2.45) is 11.7 Å². The summed E-state index contributed by atoms with van der Waals surface area (Å²) in [6.45, 7) is 0.452. The molecular weight excluding hydrogens is 385 g/mol. The molecule has 25 heavy (non-hydrogen) atoms. The van der Waals surface area contributed by atoms with Crippen LogP contribution >= 0.6 is 36.4 Å². The lowest BCUT2D eigenvalue weighted by atomic mass is 10.1. The predicted octanol–water partition coefficient (Wildman–Crippen LogP) is 3.84. The van der Waals surface area contributed by atoms with Crippen LogP contribution in [-0.4, -0.2) is 23.5 Å². The first kappa shape index (κ1) is 21.5. The molecule has 1 saturated carbocycles. The van der Waals surface area contributed by atoms with Gasteiger partial charge in [-0.1, -0.05) is 11.6 Å². The van der Waals surface area contributed by atoms with Crippen molar-refractivity contribution in [2.75, 3.05) is 6.54 Å². The summed E-state index contributed by atoms with van der Waals surface area (Å²) >= 11 is 6.22. The second kappa shape index (κ2) is 9.82. The number of carbonyl (C=O) groups excluding carboxylic acids is 1. The maximum absolute atomic E-state index is 12.3. The van der Waals surface area contributed by atoms with Gasteiger partial charge in [-0.05, 0) is 49.1 Å². The van der Waals surface area contributed by atoms with E-state index in [1.807, 2.05) is 0 Å². The lowest BCUT2D eigenvalue weighted by molar-refractivity contribution is 0.0933. The lowest BCUT2D eigenvalue weighted by Gasteiger charge is -2.16. The molecule has 0 radical (unpaired) electrons. The highest BCUT2D eigenvalue weighted by Crippen LogP contribution is 2.33. The van der Waals surface area contributed by atoms with Gasteiger partial charge in [-0.3, -0.25) is 9.78 Å². The monoisotopic (exact) mass is 403 g/mol. The first-order valence-corrected chi connectivity index (χ1v) is 7.93. The molecule has 1 fully saturated rings. The number of nitrogens with two attached hydrogens (primary N) is 1. The van der Waals surface area contributed by atoms with Gasteiger partial charge in [-0.2, -0.15) is 0 Å². The summed E-state index contributed by atoms with van der Waals surface area (Å²) < 4.78 is 5.67. The number of halogens is 3. The summed E-state index contributed by atoms with van der Waals surface area (Å²) in [7, 11) is 0. The predicted molar refractivity (Wildman–Crippen MR) is 103 cm³/mol. The molecule has 3 rings (SSSR count). The van der Waals surface area contributed by atoms with Gasteiger partial charge in [0.1, 0.15) is 11.5 Å². The number of aromatic nitrogens is 1. The van der Waals surface area contributed by atoms with Gasteiger partial charge in [-0.15, -0.1) is 24.8 Å². The number of nitrogens with one attached hydrogen (secondary N) is 1. The van der Waals surface area contributed by atoms with Gasteiger partial charge in [0, 0.05) is 30.5 Å². The van der Waals surface area contributed by atoms with Crippen LogP contribution in [0.5, 0.6) is 11.5 Å². The van der Waals surface area contributed by atoms with Crippen molar-refractivity contribution in [1.82, 2.24) is 10.3 Å². The summed E-state index contributed by atoms with van der Waals surface area (Å²) in [4.78, 5) is 16.2. The van der Waals surface area contributed by atoms with Gasteiger partial charge in [-0.25, -0.2) is 0 Å². The highest BCUT2D eigenvalue weighted by molar-refractivity contribution is 6.32. The van der Waals surface area contributed by atoms with E-state index in [0.29, 0.717) is 34.5 Å². The van der Waals surface area contributed by atoms with Crippen LogP contribution in [0.15, 0.2) is 42.7 Å². The van der Waals surface area contributed by atoms with Crippen LogP contribution in [-0.2, 0) is 0 Å². The fourth-order valence-electron chi connectivity index (χ4n) is 2.38. The number of hydrogen-bond acceptors (Lipinski definition) is 4. The normalized spacial score (nSPS) is 13.8. The van der Waals surface area contributed by atoms with E-state index in [4.69, 9.17) is 22.1 Å². The molecule has 1 aliphatic rings. The molecule has 0 spiro atoms. The molecule has 2 aromatic rings. The molecule has 1 aliphatic carbocycles. The summed E-state index contributed by atoms with van der Waals surface area (Å²) in [5.41, 5.74) is 6.21. The number of benzene rings is 1. The quantitative estimate of drug-likeness (QED) is 0.767. The van der Waals surface area contributed by atoms with Crippen LogP contribution in [0.3, 0.4) is 0 Å². The minimum atomic E-state index is -0.162. The van der Waals surface area contributed by atoms with Gasteiger partial charge in [0.15, 0.2) is 0 Å². The van der Waals surface area contributed by atoms with Crippen molar-refractivity contribution < 1.29 is 9.53 Å². The van der Waals surface area contributed by atoms with Gasteiger partial charge in [0.05, 0.1) is 5.02 Å². The van der Waals surface area contributed by atoms with E-state index in [0.717, 1.165) is 12.8 Å². The molecule has 0 aliphatic heterocycles. The Kier molecular flexibility index (Phi) is 8.45. The van der Waals surface area contributed by atoms with Crippen molar-refractivity contribution in [1.29, 1.82) is 0 Å². The van der Waals surface area contributed by atoms with E-state index in [-0.39, 0.29) is 36.8 Å². The molecule has 1 aromatic heterocycles. The van der Waals surface area contributed by atoms with E-state index in [1.54, 1.807) is 42.7 Å². The lowest BCUT2D eigenvalue weighted by Crippen LogP contribution is -2.41. The number of hydrogen-bond donors (Lipinski definition) is 2. The number of nitrogens with zero attached hydrogens (tertiary/aromatic N) is 1. The van der Waals surface area contributed by atoms with Gasteiger partial charge < -0.3 is 15.8 Å². The van der Waals surface area contributed by atoms with E-state index in [1.165, 1.54) is 0 Å². The van der Waals surface area contributed by atoms with Gasteiger partial charge >= 0.3 is 0 Å². The topological polar surface area (TPSA) is 77.2 Å². The van der Waals surface area contributed by atoms with Crippen LogP contribution in [0.4, 0.5) is 0 Å². The fraction of sp³-hybridized carbons (Fsp3) is 0.294. The Morgan fingerprint density at radius 3 is 2.52 bits per heavy atom. The van der Waals surface area contributed by atoms with E-state index >= 15 is 0 Å². The second-order valence-electron chi connectivity index (χ2n) is 5.58. The van der Waals surface area contributed by atoms with E-state index < -0.39 is 0 Å². The fourth-order valence-corrected chi connectivity index (χ4v) is 2.60. The molecule has 1 aromatic carbocycles. The number of amides is 1. The minimum Gasteiger partial charge on any atom is -0.456 e. The third-order valence-corrected chi connectivity index (χ3v) is 4.13. The highest BCUT2D eigenvalue weighted by Gasteiger charge is 2.31. The maximum atomic E-state index is 12.3. The van der Waals surface area contributed by atoms with Crippen molar-refractivity contribution >= 4 is 42.3 Å². The summed E-state index contributed by atoms with van der Waals surface area (Å²) in [5.74, 6) is 1.47. The molecular formula is C17H20Cl3N3O2. The molecule has 1 atom stereocenters. The van der Waals surface area contributed by atoms with E-state index in [2.05, 4.69) is 10.3 Å². The Morgan fingerprint density at radius 1 is 1.28 bits per heavy atom. The van der Waals surface area contributed by atoms with Crippen LogP contribution < -0.4 is 15.8 Å². The first-order chi connectivity index (χ1) is 11.2. The highest BCUT2D eigenvalue weighted by atomic mass is 35.5. The third-order valence-electron chi connectivity index (χ3n) is 3.83. The summed E-state index contributed by atoms with van der Waals surface area (Å²) in [5, 5.41) is 3.35. The molecule has 1 heterocycles. The van der Waals surface area contributed by atoms with Crippen molar-refractivity contribution in [3.05, 3.63) is 53.3 Å². The minimum absolute atomic E-state index is 0. The number of ether oxygens (including phenoxy) is 1. The SMILES string of the molecule is Cl.Cl.NCC(NC(=O)c1ccc(Oc2ccncc2)c(Cl)c1)C1CC1. The molecule has 5 nitrogen and oxygen atoms in total. The molecule has 3 N–H and O–H groups in total. The molecule has 1 amide bonds. The first-order valence-electron chi connectivity index (χ1n) is 7.55. The van der Waals surface area contributed by atoms with E-state index in [9.17, 15) is 4.79 Å². The van der Waals surface area contributed by atoms with Gasteiger partial charge in [0.25, 0.3) is 5.91 Å². The third kappa shape index (κ3) is 5.75. The second-order valence-corrected chi connectivity index (χ2v) is 5.99. The van der Waals surface area contributed by atoms with Gasteiger partial charge in [0.2, 0.25) is 0 Å². The average Bonchev–Trinajstić information content (AvgIpc) is 3.40. The summed E-state index contributed by atoms with van der Waals surface area (Å²) in [6.07, 6.45) is 5.52. The molecule has 1 unspecified atom stereocenters. The Balaban J connectivity index is 0.00000156. The largest absolute Gasteiger partial charge is 0.456 e. The number of carbonyl (C=O) groups is 1. The Labute approximate surface area is 164 Å². The number of rotatable bonds is 6. The number of pyridine rings is 1. The smallest absolute Gasteiger partial charge is 0.251 e. The van der Waals surface area contributed by atoms with Crippen molar-refractivity contribution in [3.8, 4) is 11.5 Å². The maximum Gasteiger partial charge on any atom is 0.251 e. The van der Waals surface area contributed by atoms with Crippen LogP contribution in [0.1, 0.15) is 23.2 Å². The Morgan fingerprint density at radius 2 is 1.96 bits per heavy atom. The van der Waals surface area contributed by atoms with Crippen LogP contribution in [0, 0.1) is 5.92 Å². The average molecular weight is 405 g/mol. The zero-order chi connectivity index (χ0) is 16.2. The van der Waals surface area contributed by atoms with Crippen molar-refractivity contribution in [3.63, 3.8) is 0 Å². The van der Waals surface area contributed by atoms with Crippen molar-refractivity contribution in [2.45, 2.75) is 18.9 Å². The standard InChI is InChI=1S/C17H18ClN3O2.2ClH/c18-14-9-12(17(22)21-15(10-19)11-1-2-11)3-4-16(14)23-13-5-7-20-8-6-13;;/h3-9,11,15H,1-2,10,19H2,(H,21,22);2*1H. The Bertz CT molecular complexity index is 697. The van der Waals surface area contributed by atoms with Crippen LogP contribution in [0.25, 0.3) is 0 Å².